The van der Waals surface area contributed by atoms with Gasteiger partial charge in [0.15, 0.2) is 0 Å². The maximum absolute atomic E-state index is 6.26. The summed E-state index contributed by atoms with van der Waals surface area (Å²) < 4.78 is 6.26. The van der Waals surface area contributed by atoms with Crippen molar-refractivity contribution in [2.24, 2.45) is 5.92 Å². The van der Waals surface area contributed by atoms with Crippen molar-refractivity contribution in [2.75, 3.05) is 6.54 Å². The highest BCUT2D eigenvalue weighted by Crippen LogP contribution is 2.36. The molecule has 0 bridgehead atoms. The molecule has 16 heavy (non-hydrogen) atoms. The quantitative estimate of drug-likeness (QED) is 0.776. The Morgan fingerprint density at radius 1 is 1.31 bits per heavy atom. The smallest absolute Gasteiger partial charge is 0.0812 e. The van der Waals surface area contributed by atoms with Gasteiger partial charge in [-0.3, -0.25) is 0 Å². The molecule has 0 aliphatic heterocycles. The van der Waals surface area contributed by atoms with Gasteiger partial charge >= 0.3 is 0 Å². The summed E-state index contributed by atoms with van der Waals surface area (Å²) in [6.45, 7) is 7.77. The van der Waals surface area contributed by atoms with Crippen molar-refractivity contribution in [1.82, 2.24) is 5.32 Å². The topological polar surface area (TPSA) is 21.3 Å². The lowest BCUT2D eigenvalue weighted by atomic mass is 9.78. The maximum atomic E-state index is 6.26. The predicted molar refractivity (Wildman–Crippen MR) is 67.6 cm³/mol. The lowest BCUT2D eigenvalue weighted by Crippen LogP contribution is -2.48. The lowest BCUT2D eigenvalue weighted by Gasteiger charge is -2.41. The monoisotopic (exact) mass is 225 g/mol. The van der Waals surface area contributed by atoms with Crippen LogP contribution in [0, 0.1) is 5.92 Å². The molecule has 2 saturated carbocycles. The lowest BCUT2D eigenvalue weighted by molar-refractivity contribution is -0.108. The third kappa shape index (κ3) is 3.46. The summed E-state index contributed by atoms with van der Waals surface area (Å²) in [5.41, 5.74) is 0.133. The van der Waals surface area contributed by atoms with E-state index in [1.807, 2.05) is 0 Å². The van der Waals surface area contributed by atoms with Gasteiger partial charge in [0.05, 0.1) is 11.7 Å². The number of rotatable bonds is 5. The highest BCUT2D eigenvalue weighted by Gasteiger charge is 2.37. The molecule has 0 spiro atoms. The average Bonchev–Trinajstić information content (AvgIpc) is 2.97. The summed E-state index contributed by atoms with van der Waals surface area (Å²) in [7, 11) is 0. The zero-order valence-electron chi connectivity index (χ0n) is 11.1. The Labute approximate surface area is 100 Å². The van der Waals surface area contributed by atoms with Gasteiger partial charge in [0.25, 0.3) is 0 Å². The van der Waals surface area contributed by atoms with E-state index in [2.05, 4.69) is 26.1 Å². The van der Waals surface area contributed by atoms with Crippen LogP contribution in [0.4, 0.5) is 0 Å². The van der Waals surface area contributed by atoms with Crippen LogP contribution in [0.3, 0.4) is 0 Å². The second kappa shape index (κ2) is 5.05. The molecular formula is C14H27NO. The predicted octanol–water partition coefficient (Wildman–Crippen LogP) is 3.11. The SMILES string of the molecule is CC1CCCC(CNC2CC2)(OC(C)C)C1. The summed E-state index contributed by atoms with van der Waals surface area (Å²) in [5.74, 6) is 0.827. The van der Waals surface area contributed by atoms with Crippen LogP contribution in [-0.4, -0.2) is 24.3 Å². The van der Waals surface area contributed by atoms with E-state index in [9.17, 15) is 0 Å². The molecule has 0 heterocycles. The fourth-order valence-corrected chi connectivity index (χ4v) is 3.04. The summed E-state index contributed by atoms with van der Waals surface area (Å²) in [5, 5.41) is 3.67. The van der Waals surface area contributed by atoms with Crippen molar-refractivity contribution in [3.8, 4) is 0 Å². The zero-order chi connectivity index (χ0) is 11.6. The first-order chi connectivity index (χ1) is 7.60. The molecule has 2 rings (SSSR count). The van der Waals surface area contributed by atoms with E-state index in [1.54, 1.807) is 0 Å². The minimum Gasteiger partial charge on any atom is -0.371 e. The van der Waals surface area contributed by atoms with Gasteiger partial charge in [-0.1, -0.05) is 19.8 Å². The maximum Gasteiger partial charge on any atom is 0.0812 e. The molecule has 0 amide bonds. The number of hydrogen-bond acceptors (Lipinski definition) is 2. The first-order valence-electron chi connectivity index (χ1n) is 7.01. The Hall–Kier alpha value is -0.0800. The van der Waals surface area contributed by atoms with Crippen LogP contribution in [0.25, 0.3) is 0 Å². The van der Waals surface area contributed by atoms with Gasteiger partial charge in [-0.15, -0.1) is 0 Å². The fourth-order valence-electron chi connectivity index (χ4n) is 3.04. The van der Waals surface area contributed by atoms with Crippen LogP contribution < -0.4 is 5.32 Å². The van der Waals surface area contributed by atoms with E-state index in [0.29, 0.717) is 6.10 Å². The molecule has 0 aromatic carbocycles. The molecule has 2 aliphatic carbocycles. The van der Waals surface area contributed by atoms with Crippen molar-refractivity contribution in [3.05, 3.63) is 0 Å². The third-order valence-electron chi connectivity index (χ3n) is 3.83. The fraction of sp³-hybridized carbons (Fsp3) is 1.00. The Morgan fingerprint density at radius 2 is 2.06 bits per heavy atom. The molecule has 2 unspecified atom stereocenters. The Morgan fingerprint density at radius 3 is 2.62 bits per heavy atom. The third-order valence-corrected chi connectivity index (χ3v) is 3.83. The van der Waals surface area contributed by atoms with E-state index in [-0.39, 0.29) is 5.60 Å². The first-order valence-corrected chi connectivity index (χ1v) is 7.01. The van der Waals surface area contributed by atoms with E-state index in [4.69, 9.17) is 4.74 Å². The largest absolute Gasteiger partial charge is 0.371 e. The van der Waals surface area contributed by atoms with Crippen LogP contribution in [0.5, 0.6) is 0 Å². The highest BCUT2D eigenvalue weighted by molar-refractivity contribution is 4.92. The van der Waals surface area contributed by atoms with Gasteiger partial charge in [0.2, 0.25) is 0 Å². The zero-order valence-corrected chi connectivity index (χ0v) is 11.1. The summed E-state index contributed by atoms with van der Waals surface area (Å²) in [4.78, 5) is 0. The molecule has 0 aromatic heterocycles. The highest BCUT2D eigenvalue weighted by atomic mass is 16.5. The molecule has 0 saturated heterocycles. The van der Waals surface area contributed by atoms with E-state index in [0.717, 1.165) is 18.5 Å². The van der Waals surface area contributed by atoms with Gasteiger partial charge < -0.3 is 10.1 Å². The molecule has 94 valence electrons. The minimum absolute atomic E-state index is 0.133. The second-order valence-corrected chi connectivity index (χ2v) is 6.21. The Balaban J connectivity index is 1.91. The second-order valence-electron chi connectivity index (χ2n) is 6.21. The Bertz CT molecular complexity index is 221. The molecule has 2 nitrogen and oxygen atoms in total. The normalized spacial score (nSPS) is 35.6. The van der Waals surface area contributed by atoms with E-state index < -0.39 is 0 Å². The van der Waals surface area contributed by atoms with Gasteiger partial charge in [0, 0.05) is 12.6 Å². The van der Waals surface area contributed by atoms with Crippen LogP contribution >= 0.6 is 0 Å². The van der Waals surface area contributed by atoms with E-state index in [1.165, 1.54) is 38.5 Å². The molecule has 2 fully saturated rings. The van der Waals surface area contributed by atoms with Crippen molar-refractivity contribution < 1.29 is 4.74 Å². The Kier molecular flexibility index (Phi) is 3.91. The molecule has 1 N–H and O–H groups in total. The van der Waals surface area contributed by atoms with Crippen molar-refractivity contribution in [1.29, 1.82) is 0 Å². The van der Waals surface area contributed by atoms with Gasteiger partial charge in [0.1, 0.15) is 0 Å². The van der Waals surface area contributed by atoms with Crippen LogP contribution in [-0.2, 0) is 4.74 Å². The molecular weight excluding hydrogens is 198 g/mol. The average molecular weight is 225 g/mol. The summed E-state index contributed by atoms with van der Waals surface area (Å²) in [6, 6.07) is 0.796. The molecule has 0 radical (unpaired) electrons. The number of hydrogen-bond donors (Lipinski definition) is 1. The van der Waals surface area contributed by atoms with Crippen LogP contribution in [0.1, 0.15) is 59.3 Å². The van der Waals surface area contributed by atoms with Crippen LogP contribution in [0.2, 0.25) is 0 Å². The molecule has 2 aliphatic rings. The number of nitrogens with one attached hydrogen (secondary N) is 1. The van der Waals surface area contributed by atoms with Gasteiger partial charge in [-0.2, -0.15) is 0 Å². The molecule has 2 atom stereocenters. The molecule has 2 heteroatoms. The molecule has 0 aromatic rings. The van der Waals surface area contributed by atoms with Gasteiger partial charge in [-0.25, -0.2) is 0 Å². The van der Waals surface area contributed by atoms with Crippen molar-refractivity contribution >= 4 is 0 Å². The standard InChI is InChI=1S/C14H27NO/c1-11(2)16-14(10-15-13-6-7-13)8-4-5-12(3)9-14/h11-13,15H,4-10H2,1-3H3. The minimum atomic E-state index is 0.133. The number of ether oxygens (including phenoxy) is 1. The van der Waals surface area contributed by atoms with Crippen LogP contribution in [0.15, 0.2) is 0 Å². The summed E-state index contributed by atoms with van der Waals surface area (Å²) in [6.07, 6.45) is 8.29. The van der Waals surface area contributed by atoms with Gasteiger partial charge in [-0.05, 0) is 45.4 Å². The summed E-state index contributed by atoms with van der Waals surface area (Å²) >= 11 is 0. The van der Waals surface area contributed by atoms with Crippen molar-refractivity contribution in [3.63, 3.8) is 0 Å². The van der Waals surface area contributed by atoms with E-state index >= 15 is 0 Å². The van der Waals surface area contributed by atoms with Crippen molar-refractivity contribution in [2.45, 2.75) is 77.0 Å². The first kappa shape index (κ1) is 12.4.